The standard InChI is InChI=1S/C34H35N5O2/c1-23-17-25(22-39-15-13-38(3)14-16-39)19-27(18-23)36-34(40)30-20-28(8-7-24(30)2)41-33-21-32(26-9-11-35-12-10-26)37-31-6-4-5-29(31)33/h4-5,7-12,17-21H,6,13-16,22H2,1-3H3,(H,36,40). The van der Waals surface area contributed by atoms with Gasteiger partial charge in [-0.1, -0.05) is 24.3 Å². The first kappa shape index (κ1) is 26.9. The number of benzene rings is 2. The molecule has 2 aromatic carbocycles. The van der Waals surface area contributed by atoms with E-state index < -0.39 is 0 Å². The number of likely N-dealkylation sites (N-methyl/N-ethyl adjacent to an activating group) is 1. The molecule has 3 heterocycles. The second-order valence-corrected chi connectivity index (χ2v) is 11.0. The van der Waals surface area contributed by atoms with Crippen molar-refractivity contribution in [3.05, 3.63) is 107 Å². The summed E-state index contributed by atoms with van der Waals surface area (Å²) in [6.07, 6.45) is 8.43. The van der Waals surface area contributed by atoms with Crippen molar-refractivity contribution in [1.29, 1.82) is 0 Å². The van der Waals surface area contributed by atoms with Crippen molar-refractivity contribution in [2.45, 2.75) is 26.8 Å². The van der Waals surface area contributed by atoms with Crippen LogP contribution in [0.4, 0.5) is 5.69 Å². The molecule has 0 atom stereocenters. The van der Waals surface area contributed by atoms with Gasteiger partial charge in [0.05, 0.1) is 11.4 Å². The van der Waals surface area contributed by atoms with E-state index in [0.29, 0.717) is 11.3 Å². The Morgan fingerprint density at radius 3 is 2.59 bits per heavy atom. The lowest BCUT2D eigenvalue weighted by Gasteiger charge is -2.32. The van der Waals surface area contributed by atoms with Crippen molar-refractivity contribution in [3.63, 3.8) is 0 Å². The van der Waals surface area contributed by atoms with Gasteiger partial charge in [-0.05, 0) is 74.0 Å². The molecule has 0 spiro atoms. The van der Waals surface area contributed by atoms with E-state index in [-0.39, 0.29) is 5.91 Å². The van der Waals surface area contributed by atoms with Crippen LogP contribution in [0.1, 0.15) is 38.3 Å². The Morgan fingerprint density at radius 1 is 0.976 bits per heavy atom. The number of hydrogen-bond donors (Lipinski definition) is 1. The van der Waals surface area contributed by atoms with Crippen molar-refractivity contribution in [2.75, 3.05) is 38.5 Å². The molecule has 2 aromatic heterocycles. The molecule has 1 aliphatic carbocycles. The number of carbonyl (C=O) groups is 1. The van der Waals surface area contributed by atoms with Gasteiger partial charge in [0.2, 0.25) is 0 Å². The summed E-state index contributed by atoms with van der Waals surface area (Å²) in [6, 6.07) is 17.8. The number of allylic oxidation sites excluding steroid dienone is 1. The van der Waals surface area contributed by atoms with Crippen molar-refractivity contribution in [1.82, 2.24) is 19.8 Å². The number of carbonyl (C=O) groups excluding carboxylic acids is 1. The Bertz CT molecular complexity index is 1610. The second-order valence-electron chi connectivity index (χ2n) is 11.0. The lowest BCUT2D eigenvalue weighted by Crippen LogP contribution is -2.43. The topological polar surface area (TPSA) is 70.6 Å². The molecule has 208 valence electrons. The maximum Gasteiger partial charge on any atom is 0.256 e. The van der Waals surface area contributed by atoms with Crippen LogP contribution in [0.3, 0.4) is 0 Å². The largest absolute Gasteiger partial charge is 0.457 e. The lowest BCUT2D eigenvalue weighted by molar-refractivity contribution is 0.102. The van der Waals surface area contributed by atoms with Crippen LogP contribution in [0, 0.1) is 13.8 Å². The molecule has 1 amide bonds. The van der Waals surface area contributed by atoms with E-state index in [9.17, 15) is 4.79 Å². The first-order valence-corrected chi connectivity index (χ1v) is 14.1. The van der Waals surface area contributed by atoms with Crippen molar-refractivity contribution in [2.24, 2.45) is 0 Å². The molecule has 0 bridgehead atoms. The Kier molecular flexibility index (Phi) is 7.63. The van der Waals surface area contributed by atoms with Gasteiger partial charge in [0, 0.05) is 80.0 Å². The number of pyridine rings is 2. The van der Waals surface area contributed by atoms with Crippen LogP contribution in [-0.4, -0.2) is 58.9 Å². The molecule has 7 heteroatoms. The molecule has 41 heavy (non-hydrogen) atoms. The van der Waals surface area contributed by atoms with Crippen molar-refractivity contribution >= 4 is 17.7 Å². The zero-order valence-corrected chi connectivity index (χ0v) is 23.9. The minimum Gasteiger partial charge on any atom is -0.457 e. The van der Waals surface area contributed by atoms with E-state index in [4.69, 9.17) is 9.72 Å². The molecule has 1 aliphatic heterocycles. The summed E-state index contributed by atoms with van der Waals surface area (Å²) in [6.45, 7) is 9.17. The first-order chi connectivity index (χ1) is 19.9. The fourth-order valence-corrected chi connectivity index (χ4v) is 5.48. The number of aromatic nitrogens is 2. The smallest absolute Gasteiger partial charge is 0.256 e. The highest BCUT2D eigenvalue weighted by Crippen LogP contribution is 2.35. The molecule has 1 N–H and O–H groups in total. The summed E-state index contributed by atoms with van der Waals surface area (Å²) in [7, 11) is 2.17. The van der Waals surface area contributed by atoms with Gasteiger partial charge in [0.15, 0.2) is 0 Å². The monoisotopic (exact) mass is 545 g/mol. The van der Waals surface area contributed by atoms with E-state index in [0.717, 1.165) is 84.2 Å². The molecule has 7 nitrogen and oxygen atoms in total. The quantitative estimate of drug-likeness (QED) is 0.302. The summed E-state index contributed by atoms with van der Waals surface area (Å²) in [5.41, 5.74) is 8.39. The molecule has 1 saturated heterocycles. The number of ether oxygens (including phenoxy) is 1. The Balaban J connectivity index is 1.22. The molecule has 0 unspecified atom stereocenters. The van der Waals surface area contributed by atoms with E-state index in [1.165, 1.54) is 5.56 Å². The fourth-order valence-electron chi connectivity index (χ4n) is 5.48. The summed E-state index contributed by atoms with van der Waals surface area (Å²) in [4.78, 5) is 27.3. The Morgan fingerprint density at radius 2 is 1.78 bits per heavy atom. The Hall–Kier alpha value is -4.33. The zero-order chi connectivity index (χ0) is 28.3. The number of piperazine rings is 1. The number of amides is 1. The number of rotatable bonds is 7. The van der Waals surface area contributed by atoms with Crippen LogP contribution >= 0.6 is 0 Å². The molecular formula is C34H35N5O2. The third-order valence-corrected chi connectivity index (χ3v) is 7.75. The second kappa shape index (κ2) is 11.6. The maximum absolute atomic E-state index is 13.5. The predicted octanol–water partition coefficient (Wildman–Crippen LogP) is 6.12. The molecule has 6 rings (SSSR count). The van der Waals surface area contributed by atoms with E-state index in [1.54, 1.807) is 12.4 Å². The van der Waals surface area contributed by atoms with Crippen LogP contribution in [-0.2, 0) is 13.0 Å². The van der Waals surface area contributed by atoms with Crippen LogP contribution in [0.25, 0.3) is 17.3 Å². The predicted molar refractivity (Wildman–Crippen MR) is 163 cm³/mol. The average Bonchev–Trinajstić information content (AvgIpc) is 3.45. The summed E-state index contributed by atoms with van der Waals surface area (Å²) in [5, 5.41) is 3.14. The molecule has 0 saturated carbocycles. The van der Waals surface area contributed by atoms with Crippen LogP contribution in [0.2, 0.25) is 0 Å². The molecular weight excluding hydrogens is 510 g/mol. The maximum atomic E-state index is 13.5. The van der Waals surface area contributed by atoms with Gasteiger partial charge in [-0.3, -0.25) is 19.7 Å². The third kappa shape index (κ3) is 6.21. The molecule has 1 fully saturated rings. The molecule has 0 radical (unpaired) electrons. The number of aryl methyl sites for hydroxylation is 2. The number of nitrogens with zero attached hydrogens (tertiary/aromatic N) is 4. The highest BCUT2D eigenvalue weighted by molar-refractivity contribution is 6.05. The fraction of sp³-hybridized carbons (Fsp3) is 0.265. The average molecular weight is 546 g/mol. The van der Waals surface area contributed by atoms with Gasteiger partial charge < -0.3 is 15.0 Å². The van der Waals surface area contributed by atoms with Crippen molar-refractivity contribution < 1.29 is 9.53 Å². The lowest BCUT2D eigenvalue weighted by atomic mass is 10.1. The van der Waals surface area contributed by atoms with Crippen LogP contribution < -0.4 is 10.1 Å². The SMILES string of the molecule is Cc1cc(CN2CCN(C)CC2)cc(NC(=O)c2cc(Oc3cc(-c4ccncc4)nc4c3C=CC4)ccc2C)c1. The number of hydrogen-bond acceptors (Lipinski definition) is 6. The highest BCUT2D eigenvalue weighted by Gasteiger charge is 2.19. The minimum absolute atomic E-state index is 0.151. The van der Waals surface area contributed by atoms with E-state index in [1.807, 2.05) is 55.5 Å². The summed E-state index contributed by atoms with van der Waals surface area (Å²) >= 11 is 0. The third-order valence-electron chi connectivity index (χ3n) is 7.75. The molecule has 4 aromatic rings. The van der Waals surface area contributed by atoms with Crippen LogP contribution in [0.15, 0.2) is 73.1 Å². The van der Waals surface area contributed by atoms with Gasteiger partial charge in [-0.15, -0.1) is 0 Å². The van der Waals surface area contributed by atoms with Crippen LogP contribution in [0.5, 0.6) is 11.5 Å². The molecule has 2 aliphatic rings. The summed E-state index contributed by atoms with van der Waals surface area (Å²) < 4.78 is 6.41. The normalized spacial score (nSPS) is 15.1. The zero-order valence-electron chi connectivity index (χ0n) is 23.9. The van der Waals surface area contributed by atoms with E-state index >= 15 is 0 Å². The minimum atomic E-state index is -0.151. The summed E-state index contributed by atoms with van der Waals surface area (Å²) in [5.74, 6) is 1.18. The number of anilines is 1. The van der Waals surface area contributed by atoms with Crippen molar-refractivity contribution in [3.8, 4) is 22.8 Å². The number of fused-ring (bicyclic) bond motifs is 1. The first-order valence-electron chi connectivity index (χ1n) is 14.1. The van der Waals surface area contributed by atoms with Gasteiger partial charge >= 0.3 is 0 Å². The van der Waals surface area contributed by atoms with Gasteiger partial charge in [0.25, 0.3) is 5.91 Å². The highest BCUT2D eigenvalue weighted by atomic mass is 16.5. The Labute approximate surface area is 241 Å². The van der Waals surface area contributed by atoms with E-state index in [2.05, 4.69) is 52.3 Å². The van der Waals surface area contributed by atoms with Gasteiger partial charge in [-0.2, -0.15) is 0 Å². The van der Waals surface area contributed by atoms with Gasteiger partial charge in [0.1, 0.15) is 11.5 Å². The van der Waals surface area contributed by atoms with Gasteiger partial charge in [-0.25, -0.2) is 0 Å². The number of nitrogens with one attached hydrogen (secondary N) is 1.